The van der Waals surface area contributed by atoms with E-state index in [0.29, 0.717) is 21.8 Å². The molecule has 3 aromatic carbocycles. The number of nitrogens with one attached hydrogen (secondary N) is 2. The van der Waals surface area contributed by atoms with Gasteiger partial charge in [0.05, 0.1) is 5.56 Å². The van der Waals surface area contributed by atoms with Gasteiger partial charge < -0.3 is 5.32 Å². The molecule has 3 aromatic rings. The monoisotopic (exact) mass is 391 g/mol. The number of aryl methyl sites for hydroxylation is 1. The summed E-state index contributed by atoms with van der Waals surface area (Å²) >= 11 is 6.08. The molecule has 4 rings (SSSR count). The van der Waals surface area contributed by atoms with E-state index in [9.17, 15) is 9.59 Å². The summed E-state index contributed by atoms with van der Waals surface area (Å²) < 4.78 is 0. The van der Waals surface area contributed by atoms with E-state index in [2.05, 4.69) is 10.7 Å². The number of nitrogens with zero attached hydrogens (tertiary/aromatic N) is 1. The number of fused-ring (bicyclic) bond motifs is 1. The molecule has 6 heteroatoms. The highest BCUT2D eigenvalue weighted by molar-refractivity contribution is 6.31. The van der Waals surface area contributed by atoms with Crippen LogP contribution in [0.25, 0.3) is 0 Å². The molecule has 1 heterocycles. The van der Waals surface area contributed by atoms with Crippen LogP contribution in [0.15, 0.2) is 72.8 Å². The normalized spacial score (nSPS) is 15.6. The summed E-state index contributed by atoms with van der Waals surface area (Å²) in [7, 11) is 0. The van der Waals surface area contributed by atoms with Crippen molar-refractivity contribution in [1.29, 1.82) is 0 Å². The number of benzene rings is 3. The highest BCUT2D eigenvalue weighted by Gasteiger charge is 2.34. The van der Waals surface area contributed by atoms with Crippen molar-refractivity contribution >= 4 is 29.1 Å². The molecule has 0 saturated carbocycles. The van der Waals surface area contributed by atoms with Crippen LogP contribution in [0, 0.1) is 6.92 Å². The number of carbonyl (C=O) groups excluding carboxylic acids is 2. The van der Waals surface area contributed by atoms with Gasteiger partial charge in [0.15, 0.2) is 0 Å². The molecule has 5 nitrogen and oxygen atoms in total. The molecule has 2 N–H and O–H groups in total. The van der Waals surface area contributed by atoms with Crippen LogP contribution < -0.4 is 10.7 Å². The lowest BCUT2D eigenvalue weighted by molar-refractivity contribution is 0.0491. The highest BCUT2D eigenvalue weighted by Crippen LogP contribution is 2.33. The second-order valence-electron chi connectivity index (χ2n) is 6.63. The molecule has 1 aliphatic heterocycles. The van der Waals surface area contributed by atoms with Crippen LogP contribution in [-0.2, 0) is 0 Å². The molecular weight excluding hydrogens is 374 g/mol. The Bertz CT molecular complexity index is 1040. The SMILES string of the molecule is Cc1ccc(C2Nc3ccc(Cl)cc3C(=O)N2NC(=O)c2ccccc2)cc1. The van der Waals surface area contributed by atoms with Gasteiger partial charge in [-0.15, -0.1) is 0 Å². The Morgan fingerprint density at radius 2 is 1.75 bits per heavy atom. The summed E-state index contributed by atoms with van der Waals surface area (Å²) in [4.78, 5) is 25.9. The number of amides is 2. The van der Waals surface area contributed by atoms with Gasteiger partial charge in [-0.2, -0.15) is 0 Å². The number of anilines is 1. The predicted molar refractivity (Wildman–Crippen MR) is 109 cm³/mol. The Morgan fingerprint density at radius 1 is 1.04 bits per heavy atom. The molecule has 0 aliphatic carbocycles. The van der Waals surface area contributed by atoms with Crippen molar-refractivity contribution in [1.82, 2.24) is 10.4 Å². The molecule has 0 radical (unpaired) electrons. The highest BCUT2D eigenvalue weighted by atomic mass is 35.5. The molecule has 1 unspecified atom stereocenters. The first-order chi connectivity index (χ1) is 13.5. The summed E-state index contributed by atoms with van der Waals surface area (Å²) in [5.74, 6) is -0.690. The van der Waals surface area contributed by atoms with Gasteiger partial charge in [-0.05, 0) is 42.8 Å². The summed E-state index contributed by atoms with van der Waals surface area (Å²) in [5, 5.41) is 5.10. The van der Waals surface area contributed by atoms with E-state index >= 15 is 0 Å². The average molecular weight is 392 g/mol. The summed E-state index contributed by atoms with van der Waals surface area (Å²) in [5.41, 5.74) is 6.26. The van der Waals surface area contributed by atoms with Crippen molar-refractivity contribution in [3.8, 4) is 0 Å². The van der Waals surface area contributed by atoms with Gasteiger partial charge in [0.25, 0.3) is 11.8 Å². The van der Waals surface area contributed by atoms with Gasteiger partial charge in [-0.1, -0.05) is 59.6 Å². The fraction of sp³-hybridized carbons (Fsp3) is 0.0909. The van der Waals surface area contributed by atoms with E-state index < -0.39 is 6.17 Å². The lowest BCUT2D eigenvalue weighted by Crippen LogP contribution is -2.52. The topological polar surface area (TPSA) is 61.4 Å². The lowest BCUT2D eigenvalue weighted by atomic mass is 10.0. The molecule has 2 amide bonds. The molecule has 0 aromatic heterocycles. The Kier molecular flexibility index (Phi) is 4.75. The number of carbonyl (C=O) groups is 2. The zero-order valence-electron chi connectivity index (χ0n) is 15.1. The van der Waals surface area contributed by atoms with Crippen LogP contribution in [0.1, 0.15) is 38.0 Å². The predicted octanol–water partition coefficient (Wildman–Crippen LogP) is 4.56. The van der Waals surface area contributed by atoms with Crippen molar-refractivity contribution in [2.75, 3.05) is 5.32 Å². The van der Waals surface area contributed by atoms with Crippen LogP contribution in [0.3, 0.4) is 0 Å². The van der Waals surface area contributed by atoms with Crippen LogP contribution in [0.2, 0.25) is 5.02 Å². The largest absolute Gasteiger partial charge is 0.359 e. The van der Waals surface area contributed by atoms with Gasteiger partial charge in [-0.25, -0.2) is 5.01 Å². The standard InChI is InChI=1S/C22H18ClN3O2/c1-14-7-9-15(10-8-14)20-24-19-12-11-17(23)13-18(19)22(28)26(20)25-21(27)16-5-3-2-4-6-16/h2-13,20,24H,1H3,(H,25,27). The smallest absolute Gasteiger partial charge is 0.276 e. The maximum atomic E-state index is 13.2. The second kappa shape index (κ2) is 7.37. The molecule has 140 valence electrons. The first-order valence-electron chi connectivity index (χ1n) is 8.85. The van der Waals surface area contributed by atoms with Gasteiger partial charge >= 0.3 is 0 Å². The fourth-order valence-electron chi connectivity index (χ4n) is 3.14. The number of halogens is 1. The minimum atomic E-state index is -0.547. The Balaban J connectivity index is 1.73. The van der Waals surface area contributed by atoms with Gasteiger partial charge in [0.1, 0.15) is 6.17 Å². The molecular formula is C22H18ClN3O2. The minimum Gasteiger partial charge on any atom is -0.359 e. The summed E-state index contributed by atoms with van der Waals surface area (Å²) in [6.07, 6.45) is -0.547. The quantitative estimate of drug-likeness (QED) is 0.688. The fourth-order valence-corrected chi connectivity index (χ4v) is 3.31. The van der Waals surface area contributed by atoms with Crippen LogP contribution >= 0.6 is 11.6 Å². The van der Waals surface area contributed by atoms with Crippen molar-refractivity contribution in [3.63, 3.8) is 0 Å². The van der Waals surface area contributed by atoms with Crippen LogP contribution in [0.5, 0.6) is 0 Å². The first-order valence-corrected chi connectivity index (χ1v) is 9.23. The van der Waals surface area contributed by atoms with Crippen LogP contribution in [-0.4, -0.2) is 16.8 Å². The second-order valence-corrected chi connectivity index (χ2v) is 7.07. The van der Waals surface area contributed by atoms with E-state index in [1.165, 1.54) is 5.01 Å². The van der Waals surface area contributed by atoms with Crippen molar-refractivity contribution < 1.29 is 9.59 Å². The third-order valence-corrected chi connectivity index (χ3v) is 4.87. The van der Waals surface area contributed by atoms with Crippen LogP contribution in [0.4, 0.5) is 5.69 Å². The summed E-state index contributed by atoms with van der Waals surface area (Å²) in [6.45, 7) is 2.00. The van der Waals surface area contributed by atoms with Gasteiger partial charge in [-0.3, -0.25) is 15.0 Å². The molecule has 0 bridgehead atoms. The van der Waals surface area contributed by atoms with Crippen molar-refractivity contribution in [2.45, 2.75) is 13.1 Å². The summed E-state index contributed by atoms with van der Waals surface area (Å²) in [6, 6.07) is 21.7. The number of hydrogen-bond donors (Lipinski definition) is 2. The van der Waals surface area contributed by atoms with E-state index in [1.807, 2.05) is 37.3 Å². The maximum Gasteiger partial charge on any atom is 0.276 e. The van der Waals surface area contributed by atoms with E-state index in [-0.39, 0.29) is 11.8 Å². The molecule has 28 heavy (non-hydrogen) atoms. The van der Waals surface area contributed by atoms with E-state index in [0.717, 1.165) is 11.1 Å². The van der Waals surface area contributed by atoms with Crippen molar-refractivity contribution in [3.05, 3.63) is 100 Å². The zero-order valence-corrected chi connectivity index (χ0v) is 15.9. The first kappa shape index (κ1) is 18.1. The van der Waals surface area contributed by atoms with Crippen molar-refractivity contribution in [2.24, 2.45) is 0 Å². The third-order valence-electron chi connectivity index (χ3n) is 4.63. The zero-order chi connectivity index (χ0) is 19.7. The van der Waals surface area contributed by atoms with E-state index in [4.69, 9.17) is 11.6 Å². The molecule has 0 saturated heterocycles. The Hall–Kier alpha value is -3.31. The molecule has 0 spiro atoms. The molecule has 0 fully saturated rings. The third kappa shape index (κ3) is 3.44. The Labute approximate surface area is 167 Å². The molecule has 1 aliphatic rings. The molecule has 1 atom stereocenters. The number of hydrazine groups is 1. The van der Waals surface area contributed by atoms with Gasteiger partial charge in [0.2, 0.25) is 0 Å². The number of rotatable bonds is 3. The average Bonchev–Trinajstić information content (AvgIpc) is 2.71. The van der Waals surface area contributed by atoms with Gasteiger partial charge in [0, 0.05) is 16.3 Å². The maximum absolute atomic E-state index is 13.2. The van der Waals surface area contributed by atoms with E-state index in [1.54, 1.807) is 42.5 Å². The lowest BCUT2D eigenvalue weighted by Gasteiger charge is -2.37. The minimum absolute atomic E-state index is 0.328. The number of hydrogen-bond acceptors (Lipinski definition) is 3. The Morgan fingerprint density at radius 3 is 2.46 bits per heavy atom.